The van der Waals surface area contributed by atoms with Crippen LogP contribution in [-0.4, -0.2) is 24.2 Å². The fourth-order valence-corrected chi connectivity index (χ4v) is 2.78. The molecule has 1 fully saturated rings. The highest BCUT2D eigenvalue weighted by molar-refractivity contribution is 5.77. The SMILES string of the molecule is CC(C)C1(C(=O)O)CCN(c2ccccc2C#N)C1. The molecule has 0 saturated carbocycles. The van der Waals surface area contributed by atoms with Crippen molar-refractivity contribution in [3.63, 3.8) is 0 Å². The van der Waals surface area contributed by atoms with Gasteiger partial charge in [0.15, 0.2) is 0 Å². The van der Waals surface area contributed by atoms with Crippen LogP contribution in [0.15, 0.2) is 24.3 Å². The first-order chi connectivity index (χ1) is 9.01. The minimum atomic E-state index is -0.737. The van der Waals surface area contributed by atoms with Crippen molar-refractivity contribution in [1.82, 2.24) is 0 Å². The fraction of sp³-hybridized carbons (Fsp3) is 0.467. The average molecular weight is 258 g/mol. The number of para-hydroxylation sites is 1. The number of hydrogen-bond acceptors (Lipinski definition) is 3. The molecule has 0 bridgehead atoms. The molecule has 4 nitrogen and oxygen atoms in total. The van der Waals surface area contributed by atoms with Gasteiger partial charge in [-0.15, -0.1) is 0 Å². The lowest BCUT2D eigenvalue weighted by Gasteiger charge is -2.29. The molecular weight excluding hydrogens is 240 g/mol. The lowest BCUT2D eigenvalue weighted by molar-refractivity contribution is -0.150. The molecule has 0 radical (unpaired) electrons. The lowest BCUT2D eigenvalue weighted by atomic mass is 9.76. The van der Waals surface area contributed by atoms with Gasteiger partial charge in [0.1, 0.15) is 6.07 Å². The number of nitriles is 1. The molecule has 1 N–H and O–H groups in total. The van der Waals surface area contributed by atoms with E-state index >= 15 is 0 Å². The lowest BCUT2D eigenvalue weighted by Crippen LogP contribution is -2.39. The van der Waals surface area contributed by atoms with Gasteiger partial charge in [-0.25, -0.2) is 0 Å². The van der Waals surface area contributed by atoms with E-state index in [0.29, 0.717) is 25.1 Å². The Hall–Kier alpha value is -2.02. The van der Waals surface area contributed by atoms with Crippen LogP contribution in [0.1, 0.15) is 25.8 Å². The maximum atomic E-state index is 11.6. The summed E-state index contributed by atoms with van der Waals surface area (Å²) < 4.78 is 0. The van der Waals surface area contributed by atoms with Crippen molar-refractivity contribution >= 4 is 11.7 Å². The minimum Gasteiger partial charge on any atom is -0.481 e. The number of aliphatic carboxylic acids is 1. The third kappa shape index (κ3) is 2.17. The van der Waals surface area contributed by atoms with E-state index in [2.05, 4.69) is 6.07 Å². The topological polar surface area (TPSA) is 64.3 Å². The van der Waals surface area contributed by atoms with Crippen LogP contribution in [0.5, 0.6) is 0 Å². The van der Waals surface area contributed by atoms with E-state index in [4.69, 9.17) is 5.26 Å². The molecule has 1 aliphatic heterocycles. The molecule has 1 aromatic rings. The summed E-state index contributed by atoms with van der Waals surface area (Å²) in [6, 6.07) is 9.53. The summed E-state index contributed by atoms with van der Waals surface area (Å²) in [6.07, 6.45) is 0.625. The molecule has 1 aliphatic rings. The van der Waals surface area contributed by atoms with E-state index in [1.807, 2.05) is 36.9 Å². The Morgan fingerprint density at radius 1 is 1.47 bits per heavy atom. The largest absolute Gasteiger partial charge is 0.481 e. The Bertz CT molecular complexity index is 533. The zero-order valence-corrected chi connectivity index (χ0v) is 11.3. The predicted molar refractivity (Wildman–Crippen MR) is 72.9 cm³/mol. The molecule has 0 spiro atoms. The van der Waals surface area contributed by atoms with Crippen molar-refractivity contribution in [2.75, 3.05) is 18.0 Å². The zero-order chi connectivity index (χ0) is 14.0. The van der Waals surface area contributed by atoms with Crippen LogP contribution in [0.4, 0.5) is 5.69 Å². The molecule has 1 heterocycles. The number of carbonyl (C=O) groups is 1. The number of anilines is 1. The molecule has 1 aromatic carbocycles. The third-order valence-corrected chi connectivity index (χ3v) is 4.20. The maximum absolute atomic E-state index is 11.6. The molecule has 4 heteroatoms. The Kier molecular flexibility index (Phi) is 3.48. The third-order valence-electron chi connectivity index (χ3n) is 4.20. The van der Waals surface area contributed by atoms with Crippen LogP contribution >= 0.6 is 0 Å². The van der Waals surface area contributed by atoms with Gasteiger partial charge < -0.3 is 10.0 Å². The normalized spacial score (nSPS) is 22.5. The Balaban J connectivity index is 2.32. The highest BCUT2D eigenvalue weighted by Crippen LogP contribution is 2.40. The molecule has 1 unspecified atom stereocenters. The van der Waals surface area contributed by atoms with E-state index < -0.39 is 11.4 Å². The second-order valence-electron chi connectivity index (χ2n) is 5.42. The average Bonchev–Trinajstić information content (AvgIpc) is 2.85. The van der Waals surface area contributed by atoms with E-state index in [1.165, 1.54) is 0 Å². The summed E-state index contributed by atoms with van der Waals surface area (Å²) in [6.45, 7) is 5.06. The summed E-state index contributed by atoms with van der Waals surface area (Å²) in [5, 5.41) is 18.7. The van der Waals surface area contributed by atoms with Crippen molar-refractivity contribution in [2.45, 2.75) is 20.3 Å². The molecule has 0 aromatic heterocycles. The van der Waals surface area contributed by atoms with Gasteiger partial charge in [0.25, 0.3) is 0 Å². The van der Waals surface area contributed by atoms with E-state index in [-0.39, 0.29) is 5.92 Å². The summed E-state index contributed by atoms with van der Waals surface area (Å²) in [5.74, 6) is -0.663. The van der Waals surface area contributed by atoms with Crippen LogP contribution in [0.3, 0.4) is 0 Å². The number of carboxylic acid groups (broad SMARTS) is 1. The van der Waals surface area contributed by atoms with Crippen LogP contribution < -0.4 is 4.90 Å². The zero-order valence-electron chi connectivity index (χ0n) is 11.3. The second-order valence-corrected chi connectivity index (χ2v) is 5.42. The van der Waals surface area contributed by atoms with Crippen molar-refractivity contribution in [3.8, 4) is 6.07 Å². The molecule has 0 aliphatic carbocycles. The van der Waals surface area contributed by atoms with Crippen molar-refractivity contribution < 1.29 is 9.90 Å². The van der Waals surface area contributed by atoms with Gasteiger partial charge in [0, 0.05) is 13.1 Å². The van der Waals surface area contributed by atoms with E-state index in [0.717, 1.165) is 5.69 Å². The van der Waals surface area contributed by atoms with Crippen LogP contribution in [0.2, 0.25) is 0 Å². The van der Waals surface area contributed by atoms with Crippen molar-refractivity contribution in [3.05, 3.63) is 29.8 Å². The van der Waals surface area contributed by atoms with E-state index in [1.54, 1.807) is 6.07 Å². The molecule has 19 heavy (non-hydrogen) atoms. The van der Waals surface area contributed by atoms with E-state index in [9.17, 15) is 9.90 Å². The predicted octanol–water partition coefficient (Wildman–Crippen LogP) is 2.50. The van der Waals surface area contributed by atoms with Crippen molar-refractivity contribution in [1.29, 1.82) is 5.26 Å². The maximum Gasteiger partial charge on any atom is 0.311 e. The molecular formula is C15H18N2O2. The summed E-state index contributed by atoms with van der Waals surface area (Å²) in [7, 11) is 0. The first kappa shape index (κ1) is 13.4. The summed E-state index contributed by atoms with van der Waals surface area (Å²) in [5.41, 5.74) is 0.740. The quantitative estimate of drug-likeness (QED) is 0.904. The summed E-state index contributed by atoms with van der Waals surface area (Å²) in [4.78, 5) is 13.6. The Morgan fingerprint density at radius 2 is 2.16 bits per heavy atom. The van der Waals surface area contributed by atoms with Gasteiger partial charge >= 0.3 is 5.97 Å². The molecule has 0 amide bonds. The number of benzene rings is 1. The molecule has 1 atom stereocenters. The Labute approximate surface area is 113 Å². The van der Waals surface area contributed by atoms with Crippen molar-refractivity contribution in [2.24, 2.45) is 11.3 Å². The number of hydrogen-bond donors (Lipinski definition) is 1. The Morgan fingerprint density at radius 3 is 2.68 bits per heavy atom. The number of rotatable bonds is 3. The molecule has 1 saturated heterocycles. The van der Waals surface area contributed by atoms with Gasteiger partial charge in [-0.05, 0) is 24.5 Å². The van der Waals surface area contributed by atoms with Crippen LogP contribution in [-0.2, 0) is 4.79 Å². The number of carboxylic acids is 1. The van der Waals surface area contributed by atoms with Gasteiger partial charge in [-0.1, -0.05) is 26.0 Å². The molecule has 100 valence electrons. The van der Waals surface area contributed by atoms with Gasteiger partial charge in [0.2, 0.25) is 0 Å². The van der Waals surface area contributed by atoms with Crippen LogP contribution in [0, 0.1) is 22.7 Å². The fourth-order valence-electron chi connectivity index (χ4n) is 2.78. The minimum absolute atomic E-state index is 0.0734. The molecule has 2 rings (SSSR count). The highest BCUT2D eigenvalue weighted by Gasteiger charge is 2.47. The first-order valence-corrected chi connectivity index (χ1v) is 6.49. The van der Waals surface area contributed by atoms with Gasteiger partial charge in [-0.2, -0.15) is 5.26 Å². The van der Waals surface area contributed by atoms with Gasteiger partial charge in [-0.3, -0.25) is 4.79 Å². The second kappa shape index (κ2) is 4.93. The standard InChI is InChI=1S/C15H18N2O2/c1-11(2)15(14(18)19)7-8-17(10-15)13-6-4-3-5-12(13)9-16/h3-6,11H,7-8,10H2,1-2H3,(H,18,19). The smallest absolute Gasteiger partial charge is 0.311 e. The first-order valence-electron chi connectivity index (χ1n) is 6.49. The van der Waals surface area contributed by atoms with Gasteiger partial charge in [0.05, 0.1) is 16.7 Å². The summed E-state index contributed by atoms with van der Waals surface area (Å²) >= 11 is 0. The highest BCUT2D eigenvalue weighted by atomic mass is 16.4. The van der Waals surface area contributed by atoms with Crippen LogP contribution in [0.25, 0.3) is 0 Å². The number of nitrogens with zero attached hydrogens (tertiary/aromatic N) is 2. The monoisotopic (exact) mass is 258 g/mol.